The average molecular weight is 259 g/mol. The SMILES string of the molecule is NCCc1cccn1CCc1ccc([N+](=O)[O-])cc1. The molecule has 19 heavy (non-hydrogen) atoms. The van der Waals surface area contributed by atoms with Gasteiger partial charge in [0.15, 0.2) is 0 Å². The molecule has 0 radical (unpaired) electrons. The second kappa shape index (κ2) is 6.15. The molecule has 0 bridgehead atoms. The van der Waals surface area contributed by atoms with Crippen molar-refractivity contribution >= 4 is 5.69 Å². The average Bonchev–Trinajstić information content (AvgIpc) is 2.85. The minimum atomic E-state index is -0.380. The van der Waals surface area contributed by atoms with Crippen LogP contribution in [0.1, 0.15) is 11.3 Å². The van der Waals surface area contributed by atoms with E-state index in [1.54, 1.807) is 12.1 Å². The zero-order chi connectivity index (χ0) is 13.7. The van der Waals surface area contributed by atoms with Gasteiger partial charge in [0.2, 0.25) is 0 Å². The van der Waals surface area contributed by atoms with Crippen molar-refractivity contribution in [1.82, 2.24) is 4.57 Å². The van der Waals surface area contributed by atoms with Crippen molar-refractivity contribution < 1.29 is 4.92 Å². The second-order valence-corrected chi connectivity index (χ2v) is 4.41. The zero-order valence-corrected chi connectivity index (χ0v) is 10.7. The number of non-ortho nitro benzene ring substituents is 1. The number of aromatic nitrogens is 1. The molecule has 0 amide bonds. The maximum absolute atomic E-state index is 10.6. The molecule has 5 heteroatoms. The van der Waals surface area contributed by atoms with Crippen LogP contribution in [0, 0.1) is 10.1 Å². The quantitative estimate of drug-likeness (QED) is 0.638. The van der Waals surface area contributed by atoms with Gasteiger partial charge in [-0.05, 0) is 37.1 Å². The minimum Gasteiger partial charge on any atom is -0.351 e. The lowest BCUT2D eigenvalue weighted by Crippen LogP contribution is -2.09. The van der Waals surface area contributed by atoms with E-state index in [0.717, 1.165) is 24.9 Å². The van der Waals surface area contributed by atoms with Gasteiger partial charge < -0.3 is 10.3 Å². The van der Waals surface area contributed by atoms with Gasteiger partial charge in [-0.3, -0.25) is 10.1 Å². The molecule has 5 nitrogen and oxygen atoms in total. The van der Waals surface area contributed by atoms with Gasteiger partial charge in [0.1, 0.15) is 0 Å². The Hall–Kier alpha value is -2.14. The van der Waals surface area contributed by atoms with E-state index in [-0.39, 0.29) is 10.6 Å². The third kappa shape index (κ3) is 3.42. The summed E-state index contributed by atoms with van der Waals surface area (Å²) in [5.74, 6) is 0. The predicted octanol–water partition coefficient (Wildman–Crippen LogP) is 2.14. The molecule has 0 atom stereocenters. The first kappa shape index (κ1) is 13.3. The Labute approximate surface area is 111 Å². The van der Waals surface area contributed by atoms with Gasteiger partial charge in [-0.1, -0.05) is 12.1 Å². The molecule has 0 saturated carbocycles. The highest BCUT2D eigenvalue weighted by Crippen LogP contribution is 2.13. The summed E-state index contributed by atoms with van der Waals surface area (Å²) >= 11 is 0. The first-order valence-corrected chi connectivity index (χ1v) is 6.28. The molecule has 0 aliphatic rings. The van der Waals surface area contributed by atoms with Crippen LogP contribution in [0.5, 0.6) is 0 Å². The molecule has 1 aromatic heterocycles. The van der Waals surface area contributed by atoms with Crippen molar-refractivity contribution in [3.8, 4) is 0 Å². The van der Waals surface area contributed by atoms with Gasteiger partial charge in [0, 0.05) is 30.6 Å². The standard InChI is InChI=1S/C14H17N3O2/c15-9-7-13-2-1-10-16(13)11-8-12-3-5-14(6-4-12)17(18)19/h1-6,10H,7-9,11,15H2. The Balaban J connectivity index is 1.98. The predicted molar refractivity (Wildman–Crippen MR) is 74.0 cm³/mol. The number of nitrogens with zero attached hydrogens (tertiary/aromatic N) is 2. The molecule has 0 aliphatic carbocycles. The van der Waals surface area contributed by atoms with Crippen LogP contribution in [0.3, 0.4) is 0 Å². The van der Waals surface area contributed by atoms with E-state index in [0.29, 0.717) is 6.54 Å². The lowest BCUT2D eigenvalue weighted by molar-refractivity contribution is -0.384. The molecule has 2 aromatic rings. The van der Waals surface area contributed by atoms with Crippen LogP contribution >= 0.6 is 0 Å². The Morgan fingerprint density at radius 3 is 2.53 bits per heavy atom. The summed E-state index contributed by atoms with van der Waals surface area (Å²) in [6, 6.07) is 10.8. The molecule has 0 aliphatic heterocycles. The molecule has 1 heterocycles. The summed E-state index contributed by atoms with van der Waals surface area (Å²) in [6.45, 7) is 1.50. The fourth-order valence-corrected chi connectivity index (χ4v) is 2.08. The van der Waals surface area contributed by atoms with E-state index in [9.17, 15) is 10.1 Å². The molecular weight excluding hydrogens is 242 g/mol. The van der Waals surface area contributed by atoms with Crippen molar-refractivity contribution in [3.05, 3.63) is 64.0 Å². The monoisotopic (exact) mass is 259 g/mol. The van der Waals surface area contributed by atoms with E-state index < -0.39 is 0 Å². The van der Waals surface area contributed by atoms with E-state index >= 15 is 0 Å². The van der Waals surface area contributed by atoms with Gasteiger partial charge in [0.05, 0.1) is 4.92 Å². The summed E-state index contributed by atoms with van der Waals surface area (Å²) in [7, 11) is 0. The number of hydrogen-bond donors (Lipinski definition) is 1. The highest BCUT2D eigenvalue weighted by Gasteiger charge is 2.04. The highest BCUT2D eigenvalue weighted by molar-refractivity contribution is 5.32. The number of rotatable bonds is 6. The molecule has 2 rings (SSSR count). The first-order chi connectivity index (χ1) is 9.20. The maximum Gasteiger partial charge on any atom is 0.269 e. The smallest absolute Gasteiger partial charge is 0.269 e. The number of benzene rings is 1. The highest BCUT2D eigenvalue weighted by atomic mass is 16.6. The van der Waals surface area contributed by atoms with Gasteiger partial charge in [-0.2, -0.15) is 0 Å². The third-order valence-electron chi connectivity index (χ3n) is 3.11. The lowest BCUT2D eigenvalue weighted by Gasteiger charge is -2.08. The maximum atomic E-state index is 10.6. The molecule has 100 valence electrons. The van der Waals surface area contributed by atoms with E-state index in [2.05, 4.69) is 10.6 Å². The number of aryl methyl sites for hydroxylation is 2. The van der Waals surface area contributed by atoms with E-state index in [1.165, 1.54) is 5.69 Å². The minimum absolute atomic E-state index is 0.133. The zero-order valence-electron chi connectivity index (χ0n) is 10.7. The summed E-state index contributed by atoms with van der Waals surface area (Å²) in [6.07, 6.45) is 3.76. The number of hydrogen-bond acceptors (Lipinski definition) is 3. The van der Waals surface area contributed by atoms with Crippen LogP contribution in [0.25, 0.3) is 0 Å². The van der Waals surface area contributed by atoms with E-state index in [1.807, 2.05) is 24.4 Å². The summed E-state index contributed by atoms with van der Waals surface area (Å²) in [4.78, 5) is 10.2. The van der Waals surface area contributed by atoms with Crippen molar-refractivity contribution in [3.63, 3.8) is 0 Å². The molecule has 1 aromatic carbocycles. The fourth-order valence-electron chi connectivity index (χ4n) is 2.08. The van der Waals surface area contributed by atoms with Gasteiger partial charge in [0.25, 0.3) is 5.69 Å². The van der Waals surface area contributed by atoms with Gasteiger partial charge in [-0.25, -0.2) is 0 Å². The summed E-state index contributed by atoms with van der Waals surface area (Å²) in [5, 5.41) is 10.6. The van der Waals surface area contributed by atoms with Crippen LogP contribution in [0.4, 0.5) is 5.69 Å². The Kier molecular flexibility index (Phi) is 4.30. The molecule has 2 N–H and O–H groups in total. The Morgan fingerprint density at radius 1 is 1.16 bits per heavy atom. The molecule has 0 saturated heterocycles. The van der Waals surface area contributed by atoms with Crippen LogP contribution in [0.2, 0.25) is 0 Å². The third-order valence-corrected chi connectivity index (χ3v) is 3.11. The topological polar surface area (TPSA) is 74.1 Å². The normalized spacial score (nSPS) is 10.6. The second-order valence-electron chi connectivity index (χ2n) is 4.41. The molecular formula is C14H17N3O2. The number of nitro groups is 1. The molecule has 0 unspecified atom stereocenters. The van der Waals surface area contributed by atoms with E-state index in [4.69, 9.17) is 5.73 Å². The van der Waals surface area contributed by atoms with Crippen molar-refractivity contribution in [2.45, 2.75) is 19.4 Å². The Bertz CT molecular complexity index is 546. The van der Waals surface area contributed by atoms with Crippen LogP contribution < -0.4 is 5.73 Å². The number of nitrogens with two attached hydrogens (primary N) is 1. The summed E-state index contributed by atoms with van der Waals surface area (Å²) < 4.78 is 2.17. The van der Waals surface area contributed by atoms with Crippen LogP contribution in [-0.2, 0) is 19.4 Å². The first-order valence-electron chi connectivity index (χ1n) is 6.28. The molecule has 0 spiro atoms. The fraction of sp³-hybridized carbons (Fsp3) is 0.286. The van der Waals surface area contributed by atoms with Gasteiger partial charge >= 0.3 is 0 Å². The van der Waals surface area contributed by atoms with Crippen molar-refractivity contribution in [2.75, 3.05) is 6.54 Å². The lowest BCUT2D eigenvalue weighted by atomic mass is 10.1. The van der Waals surface area contributed by atoms with Crippen molar-refractivity contribution in [2.24, 2.45) is 5.73 Å². The summed E-state index contributed by atoms with van der Waals surface area (Å²) in [5.41, 5.74) is 8.02. The van der Waals surface area contributed by atoms with Crippen molar-refractivity contribution in [1.29, 1.82) is 0 Å². The van der Waals surface area contributed by atoms with Crippen LogP contribution in [0.15, 0.2) is 42.6 Å². The largest absolute Gasteiger partial charge is 0.351 e. The number of nitro benzene ring substituents is 1. The van der Waals surface area contributed by atoms with Crippen LogP contribution in [-0.4, -0.2) is 16.0 Å². The van der Waals surface area contributed by atoms with Gasteiger partial charge in [-0.15, -0.1) is 0 Å². The Morgan fingerprint density at radius 2 is 1.89 bits per heavy atom. The molecule has 0 fully saturated rings.